The molecule has 1 saturated carbocycles. The summed E-state index contributed by atoms with van der Waals surface area (Å²) in [4.78, 5) is 12.1. The van der Waals surface area contributed by atoms with Crippen molar-refractivity contribution in [2.45, 2.75) is 51.0 Å². The summed E-state index contributed by atoms with van der Waals surface area (Å²) < 4.78 is 16.0. The molecule has 0 atom stereocenters. The van der Waals surface area contributed by atoms with Gasteiger partial charge in [-0.25, -0.2) is 4.79 Å². The molecule has 3 rings (SSSR count). The standard InChI is InChI=1S/C20H27NO4/c1-4-25-19(22)12-16-15-11-18(24-3)17(23-2)10-14(15)13-20(21-16)8-6-5-7-9-20/h10-12,21H,4-9,13H2,1-3H3/b16-12-. The molecule has 1 aliphatic heterocycles. The Kier molecular flexibility index (Phi) is 5.21. The minimum atomic E-state index is -0.321. The number of nitrogens with one attached hydrogen (secondary N) is 1. The Morgan fingerprint density at radius 3 is 2.48 bits per heavy atom. The van der Waals surface area contributed by atoms with Gasteiger partial charge in [-0.2, -0.15) is 0 Å². The maximum absolute atomic E-state index is 12.1. The fraction of sp³-hybridized carbons (Fsp3) is 0.550. The predicted octanol–water partition coefficient (Wildman–Crippen LogP) is 3.46. The molecule has 0 amide bonds. The molecular formula is C20H27NO4. The molecule has 0 bridgehead atoms. The highest BCUT2D eigenvalue weighted by molar-refractivity contribution is 5.92. The molecule has 1 aromatic carbocycles. The van der Waals surface area contributed by atoms with E-state index < -0.39 is 0 Å². The van der Waals surface area contributed by atoms with E-state index in [1.54, 1.807) is 20.3 Å². The molecule has 1 fully saturated rings. The van der Waals surface area contributed by atoms with E-state index in [0.29, 0.717) is 12.4 Å². The van der Waals surface area contributed by atoms with E-state index in [2.05, 4.69) is 5.32 Å². The van der Waals surface area contributed by atoms with Crippen LogP contribution in [0.4, 0.5) is 0 Å². The van der Waals surface area contributed by atoms with Crippen LogP contribution in [-0.4, -0.2) is 32.3 Å². The number of hydrogen-bond donors (Lipinski definition) is 1. The zero-order valence-electron chi connectivity index (χ0n) is 15.3. The van der Waals surface area contributed by atoms with Crippen LogP contribution in [0.25, 0.3) is 5.70 Å². The summed E-state index contributed by atoms with van der Waals surface area (Å²) in [6, 6.07) is 3.99. The third-order valence-electron chi connectivity index (χ3n) is 5.19. The Labute approximate surface area is 149 Å². The highest BCUT2D eigenvalue weighted by Crippen LogP contribution is 2.42. The van der Waals surface area contributed by atoms with Gasteiger partial charge in [-0.15, -0.1) is 0 Å². The van der Waals surface area contributed by atoms with E-state index in [4.69, 9.17) is 14.2 Å². The van der Waals surface area contributed by atoms with Gasteiger partial charge in [0.25, 0.3) is 0 Å². The minimum absolute atomic E-state index is 0.0170. The Bertz CT molecular complexity index is 675. The normalized spacial score (nSPS) is 19.9. The lowest BCUT2D eigenvalue weighted by Crippen LogP contribution is -2.50. The topological polar surface area (TPSA) is 56.8 Å². The van der Waals surface area contributed by atoms with Gasteiger partial charge in [0, 0.05) is 22.9 Å². The second-order valence-electron chi connectivity index (χ2n) is 6.82. The number of carbonyl (C=O) groups is 1. The lowest BCUT2D eigenvalue weighted by molar-refractivity contribution is -0.137. The third kappa shape index (κ3) is 3.60. The van der Waals surface area contributed by atoms with Crippen molar-refractivity contribution in [1.82, 2.24) is 5.32 Å². The van der Waals surface area contributed by atoms with Crippen molar-refractivity contribution in [3.63, 3.8) is 0 Å². The van der Waals surface area contributed by atoms with Crippen molar-refractivity contribution in [1.29, 1.82) is 0 Å². The van der Waals surface area contributed by atoms with E-state index in [0.717, 1.165) is 36.3 Å². The van der Waals surface area contributed by atoms with E-state index in [1.165, 1.54) is 24.8 Å². The van der Waals surface area contributed by atoms with Gasteiger partial charge < -0.3 is 19.5 Å². The zero-order chi connectivity index (χ0) is 17.9. The summed E-state index contributed by atoms with van der Waals surface area (Å²) in [5.41, 5.74) is 3.02. The second-order valence-corrected chi connectivity index (χ2v) is 6.82. The highest BCUT2D eigenvalue weighted by atomic mass is 16.5. The van der Waals surface area contributed by atoms with Crippen molar-refractivity contribution < 1.29 is 19.0 Å². The maximum Gasteiger partial charge on any atom is 0.332 e. The first kappa shape index (κ1) is 17.6. The summed E-state index contributed by atoms with van der Waals surface area (Å²) in [6.45, 7) is 2.18. The molecule has 0 saturated heterocycles. The summed E-state index contributed by atoms with van der Waals surface area (Å²) in [6.07, 6.45) is 8.43. The fourth-order valence-corrected chi connectivity index (χ4v) is 4.03. The number of hydrogen-bond acceptors (Lipinski definition) is 5. The molecule has 1 aliphatic carbocycles. The maximum atomic E-state index is 12.1. The Morgan fingerprint density at radius 2 is 1.84 bits per heavy atom. The first-order valence-corrected chi connectivity index (χ1v) is 9.03. The van der Waals surface area contributed by atoms with Gasteiger partial charge in [-0.3, -0.25) is 0 Å². The Balaban J connectivity index is 2.06. The zero-order valence-corrected chi connectivity index (χ0v) is 15.3. The third-order valence-corrected chi connectivity index (χ3v) is 5.19. The van der Waals surface area contributed by atoms with E-state index in [-0.39, 0.29) is 11.5 Å². The van der Waals surface area contributed by atoms with Gasteiger partial charge >= 0.3 is 5.97 Å². The van der Waals surface area contributed by atoms with Crippen LogP contribution in [0.15, 0.2) is 18.2 Å². The largest absolute Gasteiger partial charge is 0.493 e. The van der Waals surface area contributed by atoms with Crippen LogP contribution in [0.1, 0.15) is 50.2 Å². The smallest absolute Gasteiger partial charge is 0.332 e. The van der Waals surface area contributed by atoms with Crippen LogP contribution in [0.3, 0.4) is 0 Å². The first-order chi connectivity index (χ1) is 12.1. The van der Waals surface area contributed by atoms with Crippen LogP contribution >= 0.6 is 0 Å². The van der Waals surface area contributed by atoms with Crippen molar-refractivity contribution >= 4 is 11.7 Å². The number of benzene rings is 1. The Hall–Kier alpha value is -2.17. The molecule has 0 aromatic heterocycles. The van der Waals surface area contributed by atoms with Gasteiger partial charge in [0.15, 0.2) is 11.5 Å². The number of esters is 1. The summed E-state index contributed by atoms with van der Waals surface area (Å²) in [7, 11) is 3.27. The quantitative estimate of drug-likeness (QED) is 0.669. The molecule has 1 heterocycles. The second kappa shape index (κ2) is 7.38. The molecular weight excluding hydrogens is 318 g/mol. The monoisotopic (exact) mass is 345 g/mol. The average molecular weight is 345 g/mol. The number of rotatable bonds is 4. The molecule has 1 aromatic rings. The molecule has 136 valence electrons. The highest BCUT2D eigenvalue weighted by Gasteiger charge is 2.38. The number of ether oxygens (including phenoxy) is 3. The molecule has 5 nitrogen and oxygen atoms in total. The van der Waals surface area contributed by atoms with Crippen molar-refractivity contribution in [2.75, 3.05) is 20.8 Å². The van der Waals surface area contributed by atoms with E-state index >= 15 is 0 Å². The molecule has 0 unspecified atom stereocenters. The molecule has 1 spiro atoms. The van der Waals surface area contributed by atoms with Crippen molar-refractivity contribution in [3.05, 3.63) is 29.3 Å². The number of carbonyl (C=O) groups excluding carboxylic acids is 1. The first-order valence-electron chi connectivity index (χ1n) is 9.03. The molecule has 25 heavy (non-hydrogen) atoms. The lowest BCUT2D eigenvalue weighted by atomic mass is 9.73. The fourth-order valence-electron chi connectivity index (χ4n) is 4.03. The molecule has 2 aliphatic rings. The number of methoxy groups -OCH3 is 2. The van der Waals surface area contributed by atoms with Crippen LogP contribution in [0.2, 0.25) is 0 Å². The SMILES string of the molecule is CCOC(=O)/C=C1\NC2(CCCCC2)Cc2cc(OC)c(OC)cc21. The van der Waals surface area contributed by atoms with Crippen LogP contribution in [0.5, 0.6) is 11.5 Å². The predicted molar refractivity (Wildman–Crippen MR) is 96.8 cm³/mol. The molecule has 1 N–H and O–H groups in total. The van der Waals surface area contributed by atoms with Crippen LogP contribution in [-0.2, 0) is 16.0 Å². The molecule has 0 radical (unpaired) electrons. The summed E-state index contributed by atoms with van der Waals surface area (Å²) in [5.74, 6) is 1.07. The average Bonchev–Trinajstić information content (AvgIpc) is 2.61. The van der Waals surface area contributed by atoms with Gasteiger partial charge in [0.2, 0.25) is 0 Å². The van der Waals surface area contributed by atoms with E-state index in [1.807, 2.05) is 19.1 Å². The number of fused-ring (bicyclic) bond motifs is 1. The van der Waals surface area contributed by atoms with Gasteiger partial charge in [-0.1, -0.05) is 19.3 Å². The summed E-state index contributed by atoms with van der Waals surface area (Å²) in [5, 5.41) is 3.67. The van der Waals surface area contributed by atoms with Crippen molar-refractivity contribution in [3.8, 4) is 11.5 Å². The van der Waals surface area contributed by atoms with E-state index in [9.17, 15) is 4.79 Å². The van der Waals surface area contributed by atoms with Crippen molar-refractivity contribution in [2.24, 2.45) is 0 Å². The molecule has 5 heteroatoms. The summed E-state index contributed by atoms with van der Waals surface area (Å²) >= 11 is 0. The van der Waals surface area contributed by atoms with Gasteiger partial charge in [0.1, 0.15) is 0 Å². The lowest BCUT2D eigenvalue weighted by Gasteiger charge is -2.44. The van der Waals surface area contributed by atoms with Gasteiger partial charge in [-0.05, 0) is 43.9 Å². The van der Waals surface area contributed by atoms with Gasteiger partial charge in [0.05, 0.1) is 20.8 Å². The Morgan fingerprint density at radius 1 is 1.16 bits per heavy atom. The minimum Gasteiger partial charge on any atom is -0.493 e. The van der Waals surface area contributed by atoms with Crippen LogP contribution < -0.4 is 14.8 Å². The van der Waals surface area contributed by atoms with Crippen LogP contribution in [0, 0.1) is 0 Å².